The van der Waals surface area contributed by atoms with Crippen molar-refractivity contribution >= 4 is 16.9 Å². The van der Waals surface area contributed by atoms with Gasteiger partial charge in [-0.2, -0.15) is 0 Å². The molecule has 1 saturated carbocycles. The van der Waals surface area contributed by atoms with Crippen LogP contribution in [0.3, 0.4) is 0 Å². The third-order valence-corrected chi connectivity index (χ3v) is 5.73. The molecular formula is C19H23NO4. The van der Waals surface area contributed by atoms with E-state index in [0.29, 0.717) is 31.9 Å². The lowest BCUT2D eigenvalue weighted by atomic mass is 9.58. The molecule has 2 aromatic rings. The molecule has 1 spiro atoms. The molecule has 0 radical (unpaired) electrons. The summed E-state index contributed by atoms with van der Waals surface area (Å²) < 4.78 is 11.5. The van der Waals surface area contributed by atoms with Crippen molar-refractivity contribution in [2.24, 2.45) is 5.41 Å². The number of para-hydroxylation sites is 1. The number of hydrogen-bond acceptors (Lipinski definition) is 4. The number of piperidine rings is 1. The Labute approximate surface area is 141 Å². The van der Waals surface area contributed by atoms with Gasteiger partial charge in [0.1, 0.15) is 5.58 Å². The van der Waals surface area contributed by atoms with Crippen LogP contribution in [0.5, 0.6) is 0 Å². The van der Waals surface area contributed by atoms with Crippen LogP contribution in [0.1, 0.15) is 36.7 Å². The molecule has 4 rings (SSSR count). The molecule has 1 amide bonds. The molecule has 0 unspecified atom stereocenters. The first kappa shape index (κ1) is 15.7. The topological polar surface area (TPSA) is 62.9 Å². The Morgan fingerprint density at radius 1 is 1.38 bits per heavy atom. The van der Waals surface area contributed by atoms with Gasteiger partial charge in [-0.3, -0.25) is 4.79 Å². The van der Waals surface area contributed by atoms with E-state index >= 15 is 0 Å². The van der Waals surface area contributed by atoms with Gasteiger partial charge in [0.2, 0.25) is 0 Å². The number of carbonyl (C=O) groups is 1. The number of hydrogen-bond donors (Lipinski definition) is 1. The monoisotopic (exact) mass is 329 g/mol. The molecule has 2 aliphatic rings. The van der Waals surface area contributed by atoms with Crippen LogP contribution in [0.2, 0.25) is 0 Å². The Kier molecular flexibility index (Phi) is 3.85. The van der Waals surface area contributed by atoms with Crippen LogP contribution in [0.4, 0.5) is 0 Å². The Bertz CT molecular complexity index is 710. The molecule has 5 heteroatoms. The Balaban J connectivity index is 1.46. The number of likely N-dealkylation sites (tertiary alicyclic amines) is 1. The van der Waals surface area contributed by atoms with Crippen LogP contribution in [0.25, 0.3) is 11.0 Å². The number of nitrogens with zero attached hydrogens (tertiary/aromatic N) is 1. The van der Waals surface area contributed by atoms with Gasteiger partial charge in [0.05, 0.1) is 12.2 Å². The summed E-state index contributed by atoms with van der Waals surface area (Å²) in [6.07, 6.45) is 2.10. The molecule has 5 nitrogen and oxygen atoms in total. The maximum atomic E-state index is 12.7. The van der Waals surface area contributed by atoms with Crippen molar-refractivity contribution in [1.29, 1.82) is 0 Å². The minimum atomic E-state index is -0.308. The summed E-state index contributed by atoms with van der Waals surface area (Å²) in [7, 11) is 0. The van der Waals surface area contributed by atoms with Crippen molar-refractivity contribution in [2.45, 2.75) is 38.4 Å². The van der Waals surface area contributed by atoms with Gasteiger partial charge in [-0.1, -0.05) is 18.2 Å². The molecular weight excluding hydrogens is 306 g/mol. The number of amides is 1. The van der Waals surface area contributed by atoms with E-state index in [0.717, 1.165) is 23.8 Å². The van der Waals surface area contributed by atoms with E-state index < -0.39 is 0 Å². The molecule has 1 aliphatic heterocycles. The summed E-state index contributed by atoms with van der Waals surface area (Å²) in [6.45, 7) is 3.92. The van der Waals surface area contributed by atoms with Crippen LogP contribution >= 0.6 is 0 Å². The van der Waals surface area contributed by atoms with E-state index in [1.54, 1.807) is 0 Å². The first-order valence-electron chi connectivity index (χ1n) is 8.71. The van der Waals surface area contributed by atoms with Gasteiger partial charge in [-0.15, -0.1) is 0 Å². The highest BCUT2D eigenvalue weighted by Crippen LogP contribution is 2.51. The van der Waals surface area contributed by atoms with E-state index in [2.05, 4.69) is 0 Å². The fraction of sp³-hybridized carbons (Fsp3) is 0.526. The zero-order valence-electron chi connectivity index (χ0n) is 13.9. The van der Waals surface area contributed by atoms with Crippen LogP contribution in [0.15, 0.2) is 34.7 Å². The quantitative estimate of drug-likeness (QED) is 0.940. The van der Waals surface area contributed by atoms with Crippen molar-refractivity contribution in [3.8, 4) is 0 Å². The highest BCUT2D eigenvalue weighted by molar-refractivity contribution is 5.96. The number of ether oxygens (including phenoxy) is 1. The molecule has 128 valence electrons. The van der Waals surface area contributed by atoms with E-state index in [1.807, 2.05) is 42.2 Å². The number of rotatable bonds is 3. The number of benzene rings is 1. The van der Waals surface area contributed by atoms with Gasteiger partial charge < -0.3 is 19.2 Å². The van der Waals surface area contributed by atoms with Crippen LogP contribution < -0.4 is 0 Å². The van der Waals surface area contributed by atoms with Crippen molar-refractivity contribution in [3.05, 3.63) is 36.1 Å². The summed E-state index contributed by atoms with van der Waals surface area (Å²) in [4.78, 5) is 14.5. The van der Waals surface area contributed by atoms with E-state index in [-0.39, 0.29) is 23.5 Å². The van der Waals surface area contributed by atoms with Crippen molar-refractivity contribution < 1.29 is 19.1 Å². The SMILES string of the molecule is CCO[C@H]1C[C@@H](O)C12CCN(C(=O)c1cc3ccccc3o1)CC2. The molecule has 1 aromatic heterocycles. The summed E-state index contributed by atoms with van der Waals surface area (Å²) in [6, 6.07) is 9.45. The smallest absolute Gasteiger partial charge is 0.289 e. The lowest BCUT2D eigenvalue weighted by molar-refractivity contribution is -0.207. The fourth-order valence-corrected chi connectivity index (χ4v) is 4.19. The predicted octanol–water partition coefficient (Wildman–Crippen LogP) is 2.82. The molecule has 2 atom stereocenters. The second kappa shape index (κ2) is 5.90. The Morgan fingerprint density at radius 2 is 2.12 bits per heavy atom. The minimum absolute atomic E-state index is 0.0668. The van der Waals surface area contributed by atoms with Crippen molar-refractivity contribution in [2.75, 3.05) is 19.7 Å². The molecule has 0 bridgehead atoms. The molecule has 2 fully saturated rings. The van der Waals surface area contributed by atoms with Gasteiger partial charge in [0, 0.05) is 36.9 Å². The van der Waals surface area contributed by atoms with Gasteiger partial charge >= 0.3 is 0 Å². The lowest BCUT2D eigenvalue weighted by Crippen LogP contribution is -2.62. The number of carbonyl (C=O) groups excluding carboxylic acids is 1. The Hall–Kier alpha value is -1.85. The zero-order chi connectivity index (χ0) is 16.7. The van der Waals surface area contributed by atoms with E-state index in [1.165, 1.54) is 0 Å². The summed E-state index contributed by atoms with van der Waals surface area (Å²) in [5, 5.41) is 11.2. The van der Waals surface area contributed by atoms with E-state index in [4.69, 9.17) is 9.15 Å². The van der Waals surface area contributed by atoms with Gasteiger partial charge in [-0.25, -0.2) is 0 Å². The van der Waals surface area contributed by atoms with Gasteiger partial charge in [0.15, 0.2) is 5.76 Å². The van der Waals surface area contributed by atoms with Crippen molar-refractivity contribution in [3.63, 3.8) is 0 Å². The third-order valence-electron chi connectivity index (χ3n) is 5.73. The molecule has 1 aromatic carbocycles. The summed E-state index contributed by atoms with van der Waals surface area (Å²) in [5.41, 5.74) is 0.570. The van der Waals surface area contributed by atoms with Gasteiger partial charge in [-0.05, 0) is 31.9 Å². The normalized spacial score (nSPS) is 25.8. The highest BCUT2D eigenvalue weighted by atomic mass is 16.5. The highest BCUT2D eigenvalue weighted by Gasteiger charge is 2.56. The largest absolute Gasteiger partial charge is 0.451 e. The molecule has 1 saturated heterocycles. The van der Waals surface area contributed by atoms with Gasteiger partial charge in [0.25, 0.3) is 5.91 Å². The maximum absolute atomic E-state index is 12.7. The molecule has 1 aliphatic carbocycles. The first-order chi connectivity index (χ1) is 11.6. The fourth-order valence-electron chi connectivity index (χ4n) is 4.19. The Morgan fingerprint density at radius 3 is 2.79 bits per heavy atom. The minimum Gasteiger partial charge on any atom is -0.451 e. The standard InChI is InChI=1S/C19H23NO4/c1-2-23-17-12-16(21)19(17)7-9-20(10-8-19)18(22)15-11-13-5-3-4-6-14(13)24-15/h3-6,11,16-17,21H,2,7-10,12H2,1H3/t16-,17+/m1/s1. The maximum Gasteiger partial charge on any atom is 0.289 e. The second-order valence-electron chi connectivity index (χ2n) is 6.87. The van der Waals surface area contributed by atoms with Crippen LogP contribution in [-0.2, 0) is 4.74 Å². The number of furan rings is 1. The molecule has 24 heavy (non-hydrogen) atoms. The first-order valence-corrected chi connectivity index (χ1v) is 8.71. The zero-order valence-corrected chi connectivity index (χ0v) is 13.9. The lowest BCUT2D eigenvalue weighted by Gasteiger charge is -2.56. The summed E-state index contributed by atoms with van der Waals surface area (Å²) in [5.74, 6) is 0.325. The number of aliphatic hydroxyl groups is 1. The average molecular weight is 329 g/mol. The van der Waals surface area contributed by atoms with E-state index in [9.17, 15) is 9.90 Å². The van der Waals surface area contributed by atoms with Crippen LogP contribution in [0, 0.1) is 5.41 Å². The summed E-state index contributed by atoms with van der Waals surface area (Å²) >= 11 is 0. The number of aliphatic hydroxyl groups excluding tert-OH is 1. The van der Waals surface area contributed by atoms with Crippen molar-refractivity contribution in [1.82, 2.24) is 4.90 Å². The average Bonchev–Trinajstić information content (AvgIpc) is 3.05. The third kappa shape index (κ3) is 2.34. The predicted molar refractivity (Wildman–Crippen MR) is 89.8 cm³/mol. The second-order valence-corrected chi connectivity index (χ2v) is 6.87. The molecule has 1 N–H and O–H groups in total. The van der Waals surface area contributed by atoms with Crippen LogP contribution in [-0.4, -0.2) is 47.8 Å². The number of fused-ring (bicyclic) bond motifs is 1. The molecule has 2 heterocycles.